The molecule has 12 unspecified atom stereocenters. The predicted molar refractivity (Wildman–Crippen MR) is 327 cm³/mol. The minimum absolute atomic E-state index is 0.248. The highest BCUT2D eigenvalue weighted by molar-refractivity contribution is 5.76. The molecule has 2 rings (SSSR count). The van der Waals surface area contributed by atoms with Crippen LogP contribution in [0.3, 0.4) is 0 Å². The van der Waals surface area contributed by atoms with E-state index in [1.807, 2.05) is 6.08 Å². The Hall–Kier alpha value is -3.35. The molecule has 0 bridgehead atoms. The van der Waals surface area contributed by atoms with Gasteiger partial charge in [-0.2, -0.15) is 0 Å². The van der Waals surface area contributed by atoms with Crippen molar-refractivity contribution in [3.63, 3.8) is 0 Å². The number of carbonyl (C=O) groups is 1. The summed E-state index contributed by atoms with van der Waals surface area (Å²) >= 11 is 0. The molecule has 2 fully saturated rings. The van der Waals surface area contributed by atoms with E-state index in [1.165, 1.54) is 83.5 Å². The maximum absolute atomic E-state index is 13.2. The topological polar surface area (TPSA) is 228 Å². The number of hydrogen-bond donors (Lipinski definition) is 9. The van der Waals surface area contributed by atoms with E-state index in [2.05, 4.69) is 116 Å². The number of carbonyl (C=O) groups excluding carboxylic acids is 1. The average molecular weight is 1140 g/mol. The summed E-state index contributed by atoms with van der Waals surface area (Å²) in [6, 6.07) is -0.920. The Morgan fingerprint density at radius 3 is 1.31 bits per heavy atom. The summed E-state index contributed by atoms with van der Waals surface area (Å²) in [5.74, 6) is -0.248. The van der Waals surface area contributed by atoms with Gasteiger partial charge in [-0.15, -0.1) is 0 Å². The molecule has 9 N–H and O–H groups in total. The van der Waals surface area contributed by atoms with Gasteiger partial charge in [-0.3, -0.25) is 4.79 Å². The van der Waals surface area contributed by atoms with E-state index in [4.69, 9.17) is 18.9 Å². The second-order valence-electron chi connectivity index (χ2n) is 21.8. The minimum atomic E-state index is -1.79. The van der Waals surface area contributed by atoms with E-state index >= 15 is 0 Å². The van der Waals surface area contributed by atoms with Crippen LogP contribution in [-0.2, 0) is 23.7 Å². The third-order valence-electron chi connectivity index (χ3n) is 14.7. The van der Waals surface area contributed by atoms with E-state index in [-0.39, 0.29) is 18.9 Å². The van der Waals surface area contributed by atoms with Gasteiger partial charge in [0.2, 0.25) is 5.91 Å². The fraction of sp³-hybridized carbons (Fsp3) is 0.716. The minimum Gasteiger partial charge on any atom is -0.394 e. The van der Waals surface area contributed by atoms with Crippen LogP contribution in [0.4, 0.5) is 0 Å². The monoisotopic (exact) mass is 1140 g/mol. The van der Waals surface area contributed by atoms with E-state index in [0.29, 0.717) is 6.42 Å². The number of unbranched alkanes of at least 4 members (excludes halogenated alkanes) is 20. The van der Waals surface area contributed by atoms with Gasteiger partial charge >= 0.3 is 0 Å². The van der Waals surface area contributed by atoms with Crippen LogP contribution in [0, 0.1) is 0 Å². The second-order valence-corrected chi connectivity index (χ2v) is 21.8. The molecule has 2 saturated heterocycles. The summed E-state index contributed by atoms with van der Waals surface area (Å²) in [6.07, 6.45) is 55.8. The first-order valence-electron chi connectivity index (χ1n) is 31.6. The van der Waals surface area contributed by atoms with E-state index < -0.39 is 86.8 Å². The Morgan fingerprint density at radius 2 is 0.852 bits per heavy atom. The lowest BCUT2D eigenvalue weighted by Gasteiger charge is -2.46. The van der Waals surface area contributed by atoms with Crippen LogP contribution in [0.15, 0.2) is 109 Å². The lowest BCUT2D eigenvalue weighted by Crippen LogP contribution is -2.65. The molecule has 0 aromatic heterocycles. The van der Waals surface area contributed by atoms with Gasteiger partial charge in [-0.05, 0) is 83.5 Å². The lowest BCUT2D eigenvalue weighted by atomic mass is 9.97. The molecule has 0 spiro atoms. The number of allylic oxidation sites excluding steroid dienone is 17. The fourth-order valence-electron chi connectivity index (χ4n) is 9.66. The Morgan fingerprint density at radius 1 is 0.457 bits per heavy atom. The highest BCUT2D eigenvalue weighted by Crippen LogP contribution is 2.30. The van der Waals surface area contributed by atoms with Gasteiger partial charge in [-0.25, -0.2) is 0 Å². The highest BCUT2D eigenvalue weighted by atomic mass is 16.7. The van der Waals surface area contributed by atoms with Gasteiger partial charge in [0.15, 0.2) is 12.6 Å². The first-order valence-corrected chi connectivity index (χ1v) is 31.6. The Bertz CT molecular complexity index is 1770. The lowest BCUT2D eigenvalue weighted by molar-refractivity contribution is -0.359. The summed E-state index contributed by atoms with van der Waals surface area (Å²) in [6.45, 7) is 2.64. The molecule has 0 radical (unpaired) electrons. The van der Waals surface area contributed by atoms with Gasteiger partial charge < -0.3 is 65.1 Å². The largest absolute Gasteiger partial charge is 0.394 e. The second kappa shape index (κ2) is 51.1. The Labute approximate surface area is 489 Å². The molecule has 0 saturated carbocycles. The predicted octanol–water partition coefficient (Wildman–Crippen LogP) is 11.6. The molecule has 2 aliphatic heterocycles. The van der Waals surface area contributed by atoms with Gasteiger partial charge in [-0.1, -0.05) is 232 Å². The zero-order valence-corrected chi connectivity index (χ0v) is 50.0. The van der Waals surface area contributed by atoms with E-state index in [9.17, 15) is 45.6 Å². The highest BCUT2D eigenvalue weighted by Gasteiger charge is 2.51. The molecule has 0 aromatic carbocycles. The van der Waals surface area contributed by atoms with Crippen molar-refractivity contribution in [3.05, 3.63) is 109 Å². The Kier molecular flexibility index (Phi) is 46.5. The number of ether oxygens (including phenoxy) is 4. The molecule has 14 nitrogen and oxygen atoms in total. The summed E-state index contributed by atoms with van der Waals surface area (Å²) in [7, 11) is 0. The third-order valence-corrected chi connectivity index (χ3v) is 14.7. The number of rotatable bonds is 49. The molecule has 0 aliphatic carbocycles. The molecule has 1 amide bonds. The Balaban J connectivity index is 1.60. The van der Waals surface area contributed by atoms with Crippen molar-refractivity contribution in [1.29, 1.82) is 0 Å². The molecular weight excluding hydrogens is 1030 g/mol. The molecule has 464 valence electrons. The number of amides is 1. The van der Waals surface area contributed by atoms with Gasteiger partial charge in [0.1, 0.15) is 48.8 Å². The van der Waals surface area contributed by atoms with E-state index in [1.54, 1.807) is 6.08 Å². The molecule has 0 aromatic rings. The van der Waals surface area contributed by atoms with Crippen LogP contribution in [0.5, 0.6) is 0 Å². The van der Waals surface area contributed by atoms with Crippen LogP contribution in [0.2, 0.25) is 0 Å². The smallest absolute Gasteiger partial charge is 0.220 e. The zero-order valence-electron chi connectivity index (χ0n) is 50.0. The first kappa shape index (κ1) is 73.8. The van der Waals surface area contributed by atoms with Crippen molar-refractivity contribution in [2.45, 2.75) is 286 Å². The summed E-state index contributed by atoms with van der Waals surface area (Å²) in [5.41, 5.74) is 0. The molecule has 12 atom stereocenters. The first-order chi connectivity index (χ1) is 39.6. The van der Waals surface area contributed by atoms with Crippen molar-refractivity contribution in [2.24, 2.45) is 0 Å². The molecule has 2 heterocycles. The summed E-state index contributed by atoms with van der Waals surface area (Å²) in [4.78, 5) is 13.2. The quantitative estimate of drug-likeness (QED) is 0.0204. The van der Waals surface area contributed by atoms with E-state index in [0.717, 1.165) is 103 Å². The standard InChI is InChI=1S/C67H113NO13/c1-3-5-7-9-11-13-15-16-17-18-19-20-21-22-23-24-25-26-27-28-29-30-31-32-33-34-35-36-37-38-39-40-41-43-45-47-49-51-59(72)68-55(56(71)50-48-46-44-42-14-12-10-8-6-4-2)54-78-66-64(77)62(75)65(58(53-70)80-66)81-67-63(76)61(74)60(73)57(52-69)79-67/h5,7,11,13,16-17,19-20,22-23,25-26,28-29,31-32,48,50,55-58,60-67,69-71,73-77H,3-4,6,8-10,12,14-15,18,21,24,27,30,33-47,49,51-54H2,1-2H3,(H,68,72)/b7-5-,13-11-,17-16-,20-19-,23-22-,26-25-,29-28-,32-31-,50-48+. The molecule has 81 heavy (non-hydrogen) atoms. The number of hydrogen-bond acceptors (Lipinski definition) is 13. The third kappa shape index (κ3) is 36.2. The van der Waals surface area contributed by atoms with Crippen molar-refractivity contribution in [3.8, 4) is 0 Å². The van der Waals surface area contributed by atoms with Crippen LogP contribution in [0.1, 0.15) is 213 Å². The van der Waals surface area contributed by atoms with Crippen LogP contribution in [0.25, 0.3) is 0 Å². The molecule has 14 heteroatoms. The summed E-state index contributed by atoms with van der Waals surface area (Å²) < 4.78 is 22.7. The van der Waals surface area contributed by atoms with Gasteiger partial charge in [0.05, 0.1) is 32.0 Å². The van der Waals surface area contributed by atoms with Crippen molar-refractivity contribution < 1.29 is 64.6 Å². The van der Waals surface area contributed by atoms with Crippen molar-refractivity contribution >= 4 is 5.91 Å². The SMILES string of the molecule is CC/C=C\C/C=C\C/C=C\C/C=C\C/C=C\C/C=C\C/C=C\C/C=C\CCCCCCCCCCCCCCC(=O)NC(COC1OC(CO)C(OC2OC(CO)C(O)C(O)C2O)C(O)C1O)C(O)/C=C/CCCCCCCCCC. The maximum atomic E-state index is 13.2. The van der Waals surface area contributed by atoms with Gasteiger partial charge in [0.25, 0.3) is 0 Å². The normalized spacial score (nSPS) is 24.9. The molecule has 2 aliphatic rings. The number of nitrogens with one attached hydrogen (secondary N) is 1. The molecular formula is C67H113NO13. The maximum Gasteiger partial charge on any atom is 0.220 e. The number of aliphatic hydroxyl groups excluding tert-OH is 8. The average Bonchev–Trinajstić information content (AvgIpc) is 3.51. The van der Waals surface area contributed by atoms with Gasteiger partial charge in [0, 0.05) is 6.42 Å². The zero-order chi connectivity index (χ0) is 58.8. The van der Waals surface area contributed by atoms with Crippen molar-refractivity contribution in [2.75, 3.05) is 19.8 Å². The number of aliphatic hydroxyl groups is 8. The van der Waals surface area contributed by atoms with Crippen LogP contribution >= 0.6 is 0 Å². The summed E-state index contributed by atoms with van der Waals surface area (Å²) in [5, 5.41) is 86.9. The van der Waals surface area contributed by atoms with Crippen molar-refractivity contribution in [1.82, 2.24) is 5.32 Å². The fourth-order valence-corrected chi connectivity index (χ4v) is 9.66. The van der Waals surface area contributed by atoms with Crippen LogP contribution < -0.4 is 5.32 Å². The van der Waals surface area contributed by atoms with Crippen LogP contribution in [-0.4, -0.2) is 140 Å².